The summed E-state index contributed by atoms with van der Waals surface area (Å²) in [6, 6.07) is 1.52. The summed E-state index contributed by atoms with van der Waals surface area (Å²) >= 11 is 0. The van der Waals surface area contributed by atoms with E-state index in [0.29, 0.717) is 13.0 Å². The van der Waals surface area contributed by atoms with E-state index < -0.39 is 23.5 Å². The van der Waals surface area contributed by atoms with Crippen molar-refractivity contribution in [1.29, 1.82) is 0 Å². The van der Waals surface area contributed by atoms with E-state index in [1.54, 1.807) is 0 Å². The molecule has 0 amide bonds. The Balaban J connectivity index is 2.30. The van der Waals surface area contributed by atoms with Gasteiger partial charge >= 0.3 is 0 Å². The Hall–Kier alpha value is -1.11. The fourth-order valence-corrected chi connectivity index (χ4v) is 2.34. The second-order valence-corrected chi connectivity index (χ2v) is 4.55. The van der Waals surface area contributed by atoms with Crippen LogP contribution in [0.15, 0.2) is 12.1 Å². The molecule has 0 saturated carbocycles. The minimum atomic E-state index is -1.47. The number of nitrogens with two attached hydrogens (primary N) is 1. The first-order chi connectivity index (χ1) is 8.54. The Morgan fingerprint density at radius 3 is 2.61 bits per heavy atom. The lowest BCUT2D eigenvalue weighted by molar-refractivity contribution is 0.116. The largest absolute Gasteiger partial charge is 0.378 e. The maximum Gasteiger partial charge on any atom is 0.194 e. The van der Waals surface area contributed by atoms with Gasteiger partial charge in [0.05, 0.1) is 18.8 Å². The molecular formula is C12H15F3N2O. The van der Waals surface area contributed by atoms with Gasteiger partial charge in [-0.25, -0.2) is 13.2 Å². The van der Waals surface area contributed by atoms with Crippen LogP contribution in [0.2, 0.25) is 0 Å². The zero-order valence-corrected chi connectivity index (χ0v) is 9.92. The van der Waals surface area contributed by atoms with E-state index >= 15 is 0 Å². The third-order valence-corrected chi connectivity index (χ3v) is 3.28. The second-order valence-electron chi connectivity index (χ2n) is 4.55. The molecule has 1 aromatic carbocycles. The molecule has 1 aliphatic heterocycles. The van der Waals surface area contributed by atoms with Gasteiger partial charge in [-0.3, -0.25) is 11.3 Å². The molecule has 2 rings (SSSR count). The molecule has 0 radical (unpaired) electrons. The number of hydrogen-bond donors (Lipinski definition) is 2. The van der Waals surface area contributed by atoms with Crippen molar-refractivity contribution in [3.05, 3.63) is 35.1 Å². The highest BCUT2D eigenvalue weighted by atomic mass is 19.2. The summed E-state index contributed by atoms with van der Waals surface area (Å²) in [4.78, 5) is 0. The predicted octanol–water partition coefficient (Wildman–Crippen LogP) is 2.03. The van der Waals surface area contributed by atoms with Crippen molar-refractivity contribution in [2.24, 2.45) is 11.8 Å². The van der Waals surface area contributed by atoms with Crippen LogP contribution in [0.25, 0.3) is 0 Å². The second kappa shape index (κ2) is 5.26. The van der Waals surface area contributed by atoms with Crippen LogP contribution in [0, 0.1) is 23.4 Å². The lowest BCUT2D eigenvalue weighted by Crippen LogP contribution is -2.34. The highest BCUT2D eigenvalue weighted by Crippen LogP contribution is 2.33. The van der Waals surface area contributed by atoms with E-state index in [-0.39, 0.29) is 17.6 Å². The molecule has 3 unspecified atom stereocenters. The molecule has 0 aromatic heterocycles. The van der Waals surface area contributed by atoms with Crippen LogP contribution in [0.5, 0.6) is 0 Å². The Morgan fingerprint density at radius 2 is 2.06 bits per heavy atom. The van der Waals surface area contributed by atoms with Gasteiger partial charge in [0.2, 0.25) is 0 Å². The summed E-state index contributed by atoms with van der Waals surface area (Å²) in [5, 5.41) is 0. The number of nitrogens with one attached hydrogen (secondary N) is 1. The van der Waals surface area contributed by atoms with E-state index in [1.807, 2.05) is 6.92 Å². The molecule has 3 N–H and O–H groups in total. The summed E-state index contributed by atoms with van der Waals surface area (Å²) < 4.78 is 45.2. The van der Waals surface area contributed by atoms with Crippen molar-refractivity contribution in [2.75, 3.05) is 6.61 Å². The van der Waals surface area contributed by atoms with E-state index in [2.05, 4.69) is 5.43 Å². The first kappa shape index (κ1) is 13.3. The van der Waals surface area contributed by atoms with Gasteiger partial charge in [-0.15, -0.1) is 0 Å². The molecule has 0 aliphatic carbocycles. The topological polar surface area (TPSA) is 47.3 Å². The van der Waals surface area contributed by atoms with Crippen molar-refractivity contribution < 1.29 is 17.9 Å². The lowest BCUT2D eigenvalue weighted by Gasteiger charge is -2.22. The number of benzene rings is 1. The molecule has 3 atom stereocenters. The maximum atomic E-state index is 13.7. The van der Waals surface area contributed by atoms with Crippen LogP contribution in [-0.4, -0.2) is 12.7 Å². The number of rotatable bonds is 3. The fraction of sp³-hybridized carbons (Fsp3) is 0.500. The first-order valence-electron chi connectivity index (χ1n) is 5.75. The molecule has 100 valence electrons. The van der Waals surface area contributed by atoms with Crippen LogP contribution < -0.4 is 11.3 Å². The van der Waals surface area contributed by atoms with E-state index in [9.17, 15) is 13.2 Å². The minimum Gasteiger partial charge on any atom is -0.378 e. The van der Waals surface area contributed by atoms with Gasteiger partial charge < -0.3 is 4.74 Å². The summed E-state index contributed by atoms with van der Waals surface area (Å²) in [5.74, 6) is 1.46. The molecule has 1 fully saturated rings. The molecule has 1 aliphatic rings. The van der Waals surface area contributed by atoms with Crippen molar-refractivity contribution in [3.63, 3.8) is 0 Å². The minimum absolute atomic E-state index is 0.0269. The van der Waals surface area contributed by atoms with Gasteiger partial charge in [0, 0.05) is 11.5 Å². The van der Waals surface area contributed by atoms with Crippen LogP contribution in [0.4, 0.5) is 13.2 Å². The number of halogens is 3. The highest BCUT2D eigenvalue weighted by Gasteiger charge is 2.32. The van der Waals surface area contributed by atoms with Crippen molar-refractivity contribution in [2.45, 2.75) is 25.5 Å². The Bertz CT molecular complexity index is 442. The van der Waals surface area contributed by atoms with E-state index in [4.69, 9.17) is 10.6 Å². The third kappa shape index (κ3) is 2.36. The number of ether oxygens (including phenoxy) is 1. The average molecular weight is 260 g/mol. The monoisotopic (exact) mass is 260 g/mol. The highest BCUT2D eigenvalue weighted by molar-refractivity contribution is 5.24. The van der Waals surface area contributed by atoms with Gasteiger partial charge in [-0.1, -0.05) is 6.07 Å². The number of hydrogen-bond acceptors (Lipinski definition) is 3. The molecule has 6 heteroatoms. The summed E-state index contributed by atoms with van der Waals surface area (Å²) in [6.45, 7) is 2.31. The smallest absolute Gasteiger partial charge is 0.194 e. The van der Waals surface area contributed by atoms with Gasteiger partial charge in [-0.05, 0) is 19.4 Å². The summed E-state index contributed by atoms with van der Waals surface area (Å²) in [5.41, 5.74) is 2.49. The van der Waals surface area contributed by atoms with Gasteiger partial charge in [0.25, 0.3) is 0 Å². The van der Waals surface area contributed by atoms with Crippen LogP contribution in [0.1, 0.15) is 24.9 Å². The molecule has 1 aromatic rings. The lowest BCUT2D eigenvalue weighted by atomic mass is 9.91. The van der Waals surface area contributed by atoms with Gasteiger partial charge in [-0.2, -0.15) is 0 Å². The SMILES string of the molecule is CC1CC(C(NN)c2ccc(F)c(F)c2F)CO1. The number of hydrazine groups is 1. The summed E-state index contributed by atoms with van der Waals surface area (Å²) in [7, 11) is 0. The molecule has 18 heavy (non-hydrogen) atoms. The zero-order chi connectivity index (χ0) is 13.3. The molecule has 3 nitrogen and oxygen atoms in total. The Kier molecular flexibility index (Phi) is 3.89. The van der Waals surface area contributed by atoms with Gasteiger partial charge in [0.15, 0.2) is 17.5 Å². The Labute approximate surface area is 103 Å². The fourth-order valence-electron chi connectivity index (χ4n) is 2.34. The van der Waals surface area contributed by atoms with Gasteiger partial charge in [0.1, 0.15) is 0 Å². The molecular weight excluding hydrogens is 245 g/mol. The molecule has 0 bridgehead atoms. The molecule has 1 heterocycles. The third-order valence-electron chi connectivity index (χ3n) is 3.28. The van der Waals surface area contributed by atoms with E-state index in [0.717, 1.165) is 6.07 Å². The first-order valence-corrected chi connectivity index (χ1v) is 5.75. The summed E-state index contributed by atoms with van der Waals surface area (Å²) in [6.07, 6.45) is 0.743. The Morgan fingerprint density at radius 1 is 1.33 bits per heavy atom. The van der Waals surface area contributed by atoms with Crippen molar-refractivity contribution in [1.82, 2.24) is 5.43 Å². The quantitative estimate of drug-likeness (QED) is 0.496. The molecule has 1 saturated heterocycles. The zero-order valence-electron chi connectivity index (χ0n) is 9.92. The van der Waals surface area contributed by atoms with Crippen LogP contribution in [0.3, 0.4) is 0 Å². The van der Waals surface area contributed by atoms with E-state index in [1.165, 1.54) is 6.07 Å². The van der Waals surface area contributed by atoms with Crippen molar-refractivity contribution >= 4 is 0 Å². The van der Waals surface area contributed by atoms with Crippen molar-refractivity contribution in [3.8, 4) is 0 Å². The van der Waals surface area contributed by atoms with Crippen LogP contribution >= 0.6 is 0 Å². The average Bonchev–Trinajstić information content (AvgIpc) is 2.77. The standard InChI is InChI=1S/C12H15F3N2O/c1-6-4-7(5-18-6)12(17-16)8-2-3-9(13)11(15)10(8)14/h2-3,6-7,12,17H,4-5,16H2,1H3. The predicted molar refractivity (Wildman–Crippen MR) is 59.9 cm³/mol. The van der Waals surface area contributed by atoms with Crippen LogP contribution in [-0.2, 0) is 4.74 Å². The molecule has 0 spiro atoms. The normalized spacial score (nSPS) is 25.4. The maximum absolute atomic E-state index is 13.7.